The molecule has 21 heavy (non-hydrogen) atoms. The quantitative estimate of drug-likeness (QED) is 0.865. The zero-order chi connectivity index (χ0) is 14.8. The summed E-state index contributed by atoms with van der Waals surface area (Å²) in [5.41, 5.74) is 2.18. The van der Waals surface area contributed by atoms with Gasteiger partial charge in [0.25, 0.3) is 0 Å². The first-order chi connectivity index (χ1) is 10.2. The van der Waals surface area contributed by atoms with Crippen molar-refractivity contribution in [2.24, 2.45) is 4.99 Å². The van der Waals surface area contributed by atoms with Gasteiger partial charge in [0, 0.05) is 27.7 Å². The van der Waals surface area contributed by atoms with Crippen LogP contribution in [0.2, 0.25) is 0 Å². The standard InChI is InChI=1S/C15H19N5O/c1-18-10-16-14-13(15(21-3)19(18)2)20(11-17-14)9-12-7-5-4-6-8-12/h4-8,10-11,15H,9H2,1-3H3. The lowest BCUT2D eigenvalue weighted by atomic mass is 10.2. The van der Waals surface area contributed by atoms with E-state index in [0.717, 1.165) is 12.2 Å². The van der Waals surface area contributed by atoms with Crippen molar-refractivity contribution < 1.29 is 4.74 Å². The molecule has 1 unspecified atom stereocenters. The number of hydrazine groups is 1. The number of methoxy groups -OCH3 is 1. The molecule has 0 saturated heterocycles. The van der Waals surface area contributed by atoms with Crippen LogP contribution in [0.4, 0.5) is 5.82 Å². The molecule has 0 saturated carbocycles. The van der Waals surface area contributed by atoms with Crippen LogP contribution in [0.15, 0.2) is 41.7 Å². The van der Waals surface area contributed by atoms with Crippen LogP contribution in [0.3, 0.4) is 0 Å². The fourth-order valence-corrected chi connectivity index (χ4v) is 2.47. The molecule has 0 spiro atoms. The number of aromatic nitrogens is 2. The number of nitrogens with zero attached hydrogens (tertiary/aromatic N) is 5. The number of ether oxygens (including phenoxy) is 1. The highest BCUT2D eigenvalue weighted by atomic mass is 16.5. The zero-order valence-corrected chi connectivity index (χ0v) is 12.5. The van der Waals surface area contributed by atoms with Crippen LogP contribution in [0.5, 0.6) is 0 Å². The number of rotatable bonds is 3. The molecule has 6 heteroatoms. The lowest BCUT2D eigenvalue weighted by Gasteiger charge is -2.31. The van der Waals surface area contributed by atoms with Gasteiger partial charge in [-0.3, -0.25) is 5.01 Å². The third-order valence-electron chi connectivity index (χ3n) is 3.69. The second-order valence-corrected chi connectivity index (χ2v) is 5.05. The van der Waals surface area contributed by atoms with Crippen molar-refractivity contribution in [3.8, 4) is 0 Å². The first-order valence-corrected chi connectivity index (χ1v) is 6.82. The number of benzene rings is 1. The summed E-state index contributed by atoms with van der Waals surface area (Å²) in [5, 5.41) is 3.88. The predicted octanol–water partition coefficient (Wildman–Crippen LogP) is 2.03. The van der Waals surface area contributed by atoms with Gasteiger partial charge in [-0.05, 0) is 5.56 Å². The Morgan fingerprint density at radius 1 is 1.19 bits per heavy atom. The van der Waals surface area contributed by atoms with E-state index in [2.05, 4.69) is 26.7 Å². The third-order valence-corrected chi connectivity index (χ3v) is 3.69. The minimum Gasteiger partial charge on any atom is -0.359 e. The molecule has 1 aromatic heterocycles. The molecule has 2 aromatic rings. The largest absolute Gasteiger partial charge is 0.359 e. The number of hydrogen-bond donors (Lipinski definition) is 0. The number of imidazole rings is 1. The molecule has 0 bridgehead atoms. The van der Waals surface area contributed by atoms with Gasteiger partial charge >= 0.3 is 0 Å². The van der Waals surface area contributed by atoms with Crippen molar-refractivity contribution in [3.63, 3.8) is 0 Å². The summed E-state index contributed by atoms with van der Waals surface area (Å²) in [6.45, 7) is 0.746. The van der Waals surface area contributed by atoms with Gasteiger partial charge in [-0.2, -0.15) is 5.01 Å². The van der Waals surface area contributed by atoms with E-state index in [1.54, 1.807) is 13.4 Å². The normalized spacial score (nSPS) is 18.6. The zero-order valence-electron chi connectivity index (χ0n) is 12.5. The van der Waals surface area contributed by atoms with Crippen molar-refractivity contribution in [3.05, 3.63) is 47.9 Å². The van der Waals surface area contributed by atoms with E-state index >= 15 is 0 Å². The summed E-state index contributed by atoms with van der Waals surface area (Å²) in [7, 11) is 5.60. The molecule has 1 aliphatic heterocycles. The van der Waals surface area contributed by atoms with Gasteiger partial charge < -0.3 is 9.30 Å². The molecule has 0 fully saturated rings. The average Bonchev–Trinajstić information content (AvgIpc) is 2.84. The van der Waals surface area contributed by atoms with Crippen LogP contribution in [0.25, 0.3) is 0 Å². The van der Waals surface area contributed by atoms with Crippen molar-refractivity contribution >= 4 is 12.2 Å². The van der Waals surface area contributed by atoms with Crippen LogP contribution in [-0.4, -0.2) is 47.1 Å². The Kier molecular flexibility index (Phi) is 3.72. The molecule has 1 atom stereocenters. The molecule has 110 valence electrons. The molecule has 2 heterocycles. The van der Waals surface area contributed by atoms with Gasteiger partial charge in [0.2, 0.25) is 0 Å². The fraction of sp³-hybridized carbons (Fsp3) is 0.333. The summed E-state index contributed by atoms with van der Waals surface area (Å²) in [6, 6.07) is 10.3. The van der Waals surface area contributed by atoms with Gasteiger partial charge in [0.05, 0.1) is 6.33 Å². The summed E-state index contributed by atoms with van der Waals surface area (Å²) < 4.78 is 7.75. The smallest absolute Gasteiger partial charge is 0.179 e. The maximum atomic E-state index is 5.66. The first kappa shape index (κ1) is 13.8. The lowest BCUT2D eigenvalue weighted by molar-refractivity contribution is -0.0979. The van der Waals surface area contributed by atoms with Gasteiger partial charge in [-0.15, -0.1) is 0 Å². The number of aliphatic imine (C=N–C) groups is 1. The fourth-order valence-electron chi connectivity index (χ4n) is 2.47. The molecule has 0 radical (unpaired) electrons. The van der Waals surface area contributed by atoms with E-state index in [1.807, 2.05) is 48.6 Å². The van der Waals surface area contributed by atoms with Crippen LogP contribution in [-0.2, 0) is 11.3 Å². The average molecular weight is 285 g/mol. The maximum Gasteiger partial charge on any atom is 0.179 e. The molecule has 0 aliphatic carbocycles. The van der Waals surface area contributed by atoms with Crippen LogP contribution < -0.4 is 0 Å². The minimum atomic E-state index is -0.223. The monoisotopic (exact) mass is 285 g/mol. The SMILES string of the molecule is COC1c2c(ncn2Cc2ccccc2)N=CN(C)N1C. The highest BCUT2D eigenvalue weighted by Gasteiger charge is 2.28. The molecule has 6 nitrogen and oxygen atoms in total. The summed E-state index contributed by atoms with van der Waals surface area (Å²) >= 11 is 0. The Labute approximate surface area is 124 Å². The highest BCUT2D eigenvalue weighted by molar-refractivity contribution is 5.61. The van der Waals surface area contributed by atoms with E-state index in [1.165, 1.54) is 5.56 Å². The Morgan fingerprint density at radius 3 is 2.67 bits per heavy atom. The lowest BCUT2D eigenvalue weighted by Crippen LogP contribution is -2.39. The van der Waals surface area contributed by atoms with Crippen molar-refractivity contribution in [2.75, 3.05) is 21.2 Å². The van der Waals surface area contributed by atoms with E-state index < -0.39 is 0 Å². The van der Waals surface area contributed by atoms with E-state index in [4.69, 9.17) is 4.74 Å². The van der Waals surface area contributed by atoms with Crippen molar-refractivity contribution in [1.82, 2.24) is 19.6 Å². The Bertz CT molecular complexity index is 637. The van der Waals surface area contributed by atoms with Crippen LogP contribution in [0.1, 0.15) is 17.5 Å². The van der Waals surface area contributed by atoms with Crippen LogP contribution in [0, 0.1) is 0 Å². The Balaban J connectivity index is 1.99. The molecule has 0 amide bonds. The summed E-state index contributed by atoms with van der Waals surface area (Å²) in [5.74, 6) is 0.703. The highest BCUT2D eigenvalue weighted by Crippen LogP contribution is 2.31. The molecular formula is C15H19N5O. The predicted molar refractivity (Wildman–Crippen MR) is 81.2 cm³/mol. The Hall–Kier alpha value is -2.18. The van der Waals surface area contributed by atoms with Crippen molar-refractivity contribution in [1.29, 1.82) is 0 Å². The molecule has 1 aromatic carbocycles. The van der Waals surface area contributed by atoms with E-state index in [9.17, 15) is 0 Å². The molecule has 1 aliphatic rings. The molecule has 3 rings (SSSR count). The van der Waals surface area contributed by atoms with E-state index in [-0.39, 0.29) is 6.23 Å². The molecule has 0 N–H and O–H groups in total. The van der Waals surface area contributed by atoms with Gasteiger partial charge in [-0.1, -0.05) is 30.3 Å². The summed E-state index contributed by atoms with van der Waals surface area (Å²) in [4.78, 5) is 8.84. The van der Waals surface area contributed by atoms with Gasteiger partial charge in [-0.25, -0.2) is 9.98 Å². The van der Waals surface area contributed by atoms with Crippen LogP contribution >= 0.6 is 0 Å². The number of hydrogen-bond acceptors (Lipinski definition) is 5. The third kappa shape index (κ3) is 2.55. The second kappa shape index (κ2) is 5.67. The Morgan fingerprint density at radius 2 is 1.95 bits per heavy atom. The van der Waals surface area contributed by atoms with Gasteiger partial charge in [0.1, 0.15) is 12.0 Å². The van der Waals surface area contributed by atoms with Crippen molar-refractivity contribution in [2.45, 2.75) is 12.8 Å². The second-order valence-electron chi connectivity index (χ2n) is 5.05. The van der Waals surface area contributed by atoms with Gasteiger partial charge in [0.15, 0.2) is 12.0 Å². The number of fused-ring (bicyclic) bond motifs is 1. The first-order valence-electron chi connectivity index (χ1n) is 6.82. The van der Waals surface area contributed by atoms with E-state index in [0.29, 0.717) is 5.82 Å². The topological polar surface area (TPSA) is 45.9 Å². The minimum absolute atomic E-state index is 0.223. The maximum absolute atomic E-state index is 5.66. The summed E-state index contributed by atoms with van der Waals surface area (Å²) in [6.07, 6.45) is 3.34. The molecular weight excluding hydrogens is 266 g/mol.